The lowest BCUT2D eigenvalue weighted by atomic mass is 9.97. The Morgan fingerprint density at radius 1 is 1.35 bits per heavy atom. The fourth-order valence-corrected chi connectivity index (χ4v) is 2.41. The number of likely N-dealkylation sites (tertiary alicyclic amines) is 1. The number of hydrogen-bond donors (Lipinski definition) is 0. The maximum Gasteiger partial charge on any atom is 0.219 e. The summed E-state index contributed by atoms with van der Waals surface area (Å²) in [4.78, 5) is 22.3. The molecule has 1 saturated heterocycles. The van der Waals surface area contributed by atoms with E-state index in [0.29, 0.717) is 5.92 Å². The van der Waals surface area contributed by atoms with Gasteiger partial charge in [-0.25, -0.2) is 9.97 Å². The van der Waals surface area contributed by atoms with Crippen molar-refractivity contribution in [2.24, 2.45) is 0 Å². The molecule has 0 aromatic carbocycles. The highest BCUT2D eigenvalue weighted by Gasteiger charge is 2.24. The van der Waals surface area contributed by atoms with Gasteiger partial charge in [-0.2, -0.15) is 0 Å². The zero-order valence-electron chi connectivity index (χ0n) is 10.7. The molecule has 0 unspecified atom stereocenters. The second-order valence-corrected chi connectivity index (χ2v) is 4.81. The minimum absolute atomic E-state index is 0.152. The molecule has 17 heavy (non-hydrogen) atoms. The number of nitrogens with zero attached hydrogens (tertiary/aromatic N) is 3. The summed E-state index contributed by atoms with van der Waals surface area (Å²) in [5.41, 5.74) is 2.01. The van der Waals surface area contributed by atoms with Crippen LogP contribution in [0.15, 0.2) is 6.07 Å². The van der Waals surface area contributed by atoms with Crippen LogP contribution in [0.2, 0.25) is 0 Å². The van der Waals surface area contributed by atoms with Gasteiger partial charge in [-0.3, -0.25) is 4.79 Å². The summed E-state index contributed by atoms with van der Waals surface area (Å²) in [5.74, 6) is 1.35. The van der Waals surface area contributed by atoms with Crippen LogP contribution < -0.4 is 0 Å². The van der Waals surface area contributed by atoms with E-state index in [1.54, 1.807) is 6.92 Å². The van der Waals surface area contributed by atoms with Crippen molar-refractivity contribution in [3.8, 4) is 0 Å². The Labute approximate surface area is 102 Å². The average Bonchev–Trinajstić information content (AvgIpc) is 2.28. The summed E-state index contributed by atoms with van der Waals surface area (Å²) in [6.07, 6.45) is 2.12. The lowest BCUT2D eigenvalue weighted by molar-refractivity contribution is -0.130. The summed E-state index contributed by atoms with van der Waals surface area (Å²) >= 11 is 0. The topological polar surface area (TPSA) is 46.1 Å². The molecule has 1 aromatic heterocycles. The van der Waals surface area contributed by atoms with E-state index in [9.17, 15) is 4.79 Å². The SMILES string of the molecule is CC(=O)N1CCC[C@@H](c2nc(C)cc(C)n2)C1. The normalized spacial score (nSPS) is 20.4. The second kappa shape index (κ2) is 4.82. The number of carbonyl (C=O) groups excluding carboxylic acids is 1. The van der Waals surface area contributed by atoms with E-state index < -0.39 is 0 Å². The van der Waals surface area contributed by atoms with Gasteiger partial charge in [0.15, 0.2) is 0 Å². The molecule has 0 N–H and O–H groups in total. The van der Waals surface area contributed by atoms with Gasteiger partial charge in [0.1, 0.15) is 5.82 Å². The van der Waals surface area contributed by atoms with E-state index in [0.717, 1.165) is 43.1 Å². The molecule has 2 heterocycles. The Morgan fingerprint density at radius 3 is 2.59 bits per heavy atom. The van der Waals surface area contributed by atoms with Crippen LogP contribution in [0.3, 0.4) is 0 Å². The number of piperidine rings is 1. The molecule has 0 aliphatic carbocycles. The van der Waals surface area contributed by atoms with Crippen LogP contribution in [0.1, 0.15) is 42.9 Å². The fraction of sp³-hybridized carbons (Fsp3) is 0.615. The molecule has 4 heteroatoms. The van der Waals surface area contributed by atoms with Crippen molar-refractivity contribution in [1.29, 1.82) is 0 Å². The van der Waals surface area contributed by atoms with Crippen LogP contribution in [0.4, 0.5) is 0 Å². The minimum Gasteiger partial charge on any atom is -0.342 e. The molecule has 92 valence electrons. The van der Waals surface area contributed by atoms with Gasteiger partial charge >= 0.3 is 0 Å². The Morgan fingerprint density at radius 2 is 2.00 bits per heavy atom. The highest BCUT2D eigenvalue weighted by atomic mass is 16.2. The van der Waals surface area contributed by atoms with Gasteiger partial charge < -0.3 is 4.90 Å². The van der Waals surface area contributed by atoms with E-state index in [2.05, 4.69) is 9.97 Å². The van der Waals surface area contributed by atoms with E-state index in [4.69, 9.17) is 0 Å². The van der Waals surface area contributed by atoms with Crippen molar-refractivity contribution in [2.75, 3.05) is 13.1 Å². The largest absolute Gasteiger partial charge is 0.342 e. The first-order chi connectivity index (χ1) is 8.06. The lowest BCUT2D eigenvalue weighted by Gasteiger charge is -2.31. The molecule has 0 bridgehead atoms. The quantitative estimate of drug-likeness (QED) is 0.743. The van der Waals surface area contributed by atoms with Crippen molar-refractivity contribution in [1.82, 2.24) is 14.9 Å². The van der Waals surface area contributed by atoms with Gasteiger partial charge in [0.25, 0.3) is 0 Å². The first-order valence-corrected chi connectivity index (χ1v) is 6.14. The number of rotatable bonds is 1. The van der Waals surface area contributed by atoms with Crippen molar-refractivity contribution >= 4 is 5.91 Å². The fourth-order valence-electron chi connectivity index (χ4n) is 2.41. The van der Waals surface area contributed by atoms with Gasteiger partial charge in [-0.1, -0.05) is 0 Å². The van der Waals surface area contributed by atoms with Crippen LogP contribution in [-0.2, 0) is 4.79 Å². The molecule has 1 fully saturated rings. The summed E-state index contributed by atoms with van der Waals surface area (Å²) < 4.78 is 0. The molecule has 1 aromatic rings. The number of aryl methyl sites for hydroxylation is 2. The molecule has 0 radical (unpaired) electrons. The Hall–Kier alpha value is -1.45. The first-order valence-electron chi connectivity index (χ1n) is 6.14. The van der Waals surface area contributed by atoms with Crippen molar-refractivity contribution < 1.29 is 4.79 Å². The molecule has 1 aliphatic rings. The first kappa shape index (κ1) is 12.0. The molecule has 0 saturated carbocycles. The monoisotopic (exact) mass is 233 g/mol. The third-order valence-corrected chi connectivity index (χ3v) is 3.23. The van der Waals surface area contributed by atoms with E-state index in [1.807, 2.05) is 24.8 Å². The Kier molecular flexibility index (Phi) is 3.41. The van der Waals surface area contributed by atoms with Crippen LogP contribution in [-0.4, -0.2) is 33.9 Å². The molecule has 0 spiro atoms. The number of aromatic nitrogens is 2. The van der Waals surface area contributed by atoms with Gasteiger partial charge in [0.2, 0.25) is 5.91 Å². The molecule has 1 atom stereocenters. The van der Waals surface area contributed by atoms with E-state index in [1.165, 1.54) is 0 Å². The van der Waals surface area contributed by atoms with Crippen molar-refractivity contribution in [3.63, 3.8) is 0 Å². The molecular formula is C13H19N3O. The summed E-state index contributed by atoms with van der Waals surface area (Å²) in [5, 5.41) is 0. The molecule has 1 aliphatic heterocycles. The summed E-state index contributed by atoms with van der Waals surface area (Å²) in [6, 6.07) is 1.98. The minimum atomic E-state index is 0.152. The molecule has 2 rings (SSSR count). The van der Waals surface area contributed by atoms with Crippen LogP contribution in [0, 0.1) is 13.8 Å². The third-order valence-electron chi connectivity index (χ3n) is 3.23. The maximum atomic E-state index is 11.4. The average molecular weight is 233 g/mol. The van der Waals surface area contributed by atoms with Crippen LogP contribution in [0.5, 0.6) is 0 Å². The predicted molar refractivity (Wildman–Crippen MR) is 65.7 cm³/mol. The summed E-state index contributed by atoms with van der Waals surface area (Å²) in [7, 11) is 0. The van der Waals surface area contributed by atoms with E-state index in [-0.39, 0.29) is 5.91 Å². The lowest BCUT2D eigenvalue weighted by Crippen LogP contribution is -2.38. The van der Waals surface area contributed by atoms with Crippen LogP contribution in [0.25, 0.3) is 0 Å². The highest BCUT2D eigenvalue weighted by Crippen LogP contribution is 2.24. The zero-order valence-corrected chi connectivity index (χ0v) is 10.7. The summed E-state index contributed by atoms with van der Waals surface area (Å²) in [6.45, 7) is 7.24. The number of hydrogen-bond acceptors (Lipinski definition) is 3. The van der Waals surface area contributed by atoms with E-state index >= 15 is 0 Å². The molecule has 1 amide bonds. The Balaban J connectivity index is 2.18. The molecule has 4 nitrogen and oxygen atoms in total. The van der Waals surface area contributed by atoms with Gasteiger partial charge in [-0.15, -0.1) is 0 Å². The van der Waals surface area contributed by atoms with Crippen LogP contribution >= 0.6 is 0 Å². The number of carbonyl (C=O) groups is 1. The third kappa shape index (κ3) is 2.81. The van der Waals surface area contributed by atoms with Gasteiger partial charge in [-0.05, 0) is 32.8 Å². The predicted octanol–water partition coefficient (Wildman–Crippen LogP) is 1.82. The standard InChI is InChI=1S/C13H19N3O/c1-9-7-10(2)15-13(14-9)12-5-4-6-16(8-12)11(3)17/h7,12H,4-6,8H2,1-3H3/t12-/m1/s1. The Bertz CT molecular complexity index is 410. The highest BCUT2D eigenvalue weighted by molar-refractivity contribution is 5.73. The smallest absolute Gasteiger partial charge is 0.219 e. The number of amides is 1. The molecular weight excluding hydrogens is 214 g/mol. The second-order valence-electron chi connectivity index (χ2n) is 4.81. The maximum absolute atomic E-state index is 11.4. The van der Waals surface area contributed by atoms with Gasteiger partial charge in [0.05, 0.1) is 0 Å². The van der Waals surface area contributed by atoms with Crippen molar-refractivity contribution in [3.05, 3.63) is 23.3 Å². The zero-order chi connectivity index (χ0) is 12.4. The van der Waals surface area contributed by atoms with Gasteiger partial charge in [0, 0.05) is 37.3 Å². The van der Waals surface area contributed by atoms with Crippen molar-refractivity contribution in [2.45, 2.75) is 39.5 Å².